The zero-order valence-corrected chi connectivity index (χ0v) is 15.7. The van der Waals surface area contributed by atoms with Gasteiger partial charge in [-0.05, 0) is 48.7 Å². The third kappa shape index (κ3) is 4.61. The molecule has 0 spiro atoms. The van der Waals surface area contributed by atoms with Crippen molar-refractivity contribution >= 4 is 22.7 Å². The highest BCUT2D eigenvalue weighted by Gasteiger charge is 2.20. The second-order valence-electron chi connectivity index (χ2n) is 7.37. The molecule has 0 aliphatic carbocycles. The predicted molar refractivity (Wildman–Crippen MR) is 109 cm³/mol. The fourth-order valence-corrected chi connectivity index (χ4v) is 3.86. The van der Waals surface area contributed by atoms with Crippen LogP contribution < -0.4 is 10.6 Å². The second-order valence-corrected chi connectivity index (χ2v) is 7.37. The molecular formula is C21H25N5O2. The molecule has 3 aromatic rings. The summed E-state index contributed by atoms with van der Waals surface area (Å²) in [7, 11) is 0. The highest BCUT2D eigenvalue weighted by atomic mass is 16.4. The summed E-state index contributed by atoms with van der Waals surface area (Å²) in [5, 5.41) is 23.0. The minimum absolute atomic E-state index is 0.337. The van der Waals surface area contributed by atoms with E-state index in [0.717, 1.165) is 54.6 Å². The van der Waals surface area contributed by atoms with Gasteiger partial charge in [-0.15, -0.1) is 0 Å². The lowest BCUT2D eigenvalue weighted by Crippen LogP contribution is -2.41. The maximum absolute atomic E-state index is 10.7. The van der Waals surface area contributed by atoms with Crippen LogP contribution >= 0.6 is 0 Å². The number of aromatic nitrogens is 2. The topological polar surface area (TPSA) is 93.3 Å². The lowest BCUT2D eigenvalue weighted by Gasteiger charge is -2.33. The number of aromatic amines is 1. The van der Waals surface area contributed by atoms with Gasteiger partial charge >= 0.3 is 6.09 Å². The molecule has 146 valence electrons. The first-order chi connectivity index (χ1) is 13.7. The van der Waals surface area contributed by atoms with E-state index in [9.17, 15) is 4.79 Å². The van der Waals surface area contributed by atoms with Crippen LogP contribution in [0.5, 0.6) is 0 Å². The quantitative estimate of drug-likeness (QED) is 0.527. The van der Waals surface area contributed by atoms with Crippen molar-refractivity contribution in [3.05, 3.63) is 59.8 Å². The predicted octanol–water partition coefficient (Wildman–Crippen LogP) is 3.41. The normalized spacial score (nSPS) is 17.5. The molecule has 1 unspecified atom stereocenters. The van der Waals surface area contributed by atoms with E-state index in [2.05, 4.69) is 56.1 Å². The lowest BCUT2D eigenvalue weighted by molar-refractivity contribution is 0.194. The molecule has 0 bridgehead atoms. The Balaban J connectivity index is 1.35. The number of carboxylic acid groups (broad SMARTS) is 1. The summed E-state index contributed by atoms with van der Waals surface area (Å²) in [5.74, 6) is 0. The number of H-pyrrole nitrogens is 1. The number of likely N-dealkylation sites (tertiary alicyclic amines) is 1. The van der Waals surface area contributed by atoms with E-state index in [1.54, 1.807) is 0 Å². The van der Waals surface area contributed by atoms with Crippen molar-refractivity contribution in [2.75, 3.05) is 18.4 Å². The molecule has 0 saturated carbocycles. The maximum atomic E-state index is 10.7. The number of hydrogen-bond donors (Lipinski definition) is 4. The molecule has 1 aliphatic heterocycles. The standard InChI is InChI=1S/C21H25N5O2/c27-21(28)22-11-15-3-1-4-16(9-15)13-26-8-2-5-19(14-26)24-18-6-7-20-17(10-18)12-23-25-20/h1,3-4,6-7,9-10,12,19,22,24H,2,5,8,11,13-14H2,(H,23,25)(H,27,28). The van der Waals surface area contributed by atoms with Crippen molar-refractivity contribution in [3.63, 3.8) is 0 Å². The molecule has 1 amide bonds. The summed E-state index contributed by atoms with van der Waals surface area (Å²) in [5.41, 5.74) is 4.38. The second kappa shape index (κ2) is 8.31. The molecule has 1 atom stereocenters. The molecule has 2 heterocycles. The largest absolute Gasteiger partial charge is 0.465 e. The van der Waals surface area contributed by atoms with E-state index in [4.69, 9.17) is 5.11 Å². The van der Waals surface area contributed by atoms with Crippen LogP contribution in [0, 0.1) is 0 Å². The molecule has 1 aromatic heterocycles. The number of carbonyl (C=O) groups is 1. The SMILES string of the molecule is O=C(O)NCc1cccc(CN2CCCC(Nc3ccc4[nH]ncc4c3)C2)c1. The van der Waals surface area contributed by atoms with Crippen LogP contribution in [0.1, 0.15) is 24.0 Å². The average Bonchev–Trinajstić information content (AvgIpc) is 3.15. The molecule has 7 heteroatoms. The molecule has 7 nitrogen and oxygen atoms in total. The molecular weight excluding hydrogens is 354 g/mol. The lowest BCUT2D eigenvalue weighted by atomic mass is 10.0. The van der Waals surface area contributed by atoms with Gasteiger partial charge in [-0.25, -0.2) is 4.79 Å². The van der Waals surface area contributed by atoms with Gasteiger partial charge in [0.2, 0.25) is 0 Å². The van der Waals surface area contributed by atoms with Crippen LogP contribution in [0.3, 0.4) is 0 Å². The molecule has 4 rings (SSSR count). The van der Waals surface area contributed by atoms with E-state index < -0.39 is 6.09 Å². The van der Waals surface area contributed by atoms with E-state index in [1.807, 2.05) is 18.3 Å². The molecule has 0 radical (unpaired) electrons. The van der Waals surface area contributed by atoms with Crippen LogP contribution in [0.15, 0.2) is 48.7 Å². The van der Waals surface area contributed by atoms with Crippen molar-refractivity contribution in [1.82, 2.24) is 20.4 Å². The first-order valence-corrected chi connectivity index (χ1v) is 9.62. The van der Waals surface area contributed by atoms with Crippen LogP contribution in [-0.4, -0.2) is 45.4 Å². The highest BCUT2D eigenvalue weighted by molar-refractivity contribution is 5.81. The Morgan fingerprint density at radius 3 is 3.04 bits per heavy atom. The van der Waals surface area contributed by atoms with Crippen molar-refractivity contribution < 1.29 is 9.90 Å². The summed E-state index contributed by atoms with van der Waals surface area (Å²) in [6.45, 7) is 3.28. The van der Waals surface area contributed by atoms with Gasteiger partial charge in [0.1, 0.15) is 0 Å². The van der Waals surface area contributed by atoms with Gasteiger partial charge in [-0.1, -0.05) is 24.3 Å². The number of nitrogens with one attached hydrogen (secondary N) is 3. The molecule has 1 saturated heterocycles. The van der Waals surface area contributed by atoms with Gasteiger partial charge in [0.15, 0.2) is 0 Å². The van der Waals surface area contributed by atoms with E-state index in [1.165, 1.54) is 5.56 Å². The Morgan fingerprint density at radius 1 is 1.25 bits per heavy atom. The third-order valence-corrected chi connectivity index (χ3v) is 5.16. The molecule has 1 aliphatic rings. The molecule has 28 heavy (non-hydrogen) atoms. The Bertz CT molecular complexity index is 955. The zero-order valence-electron chi connectivity index (χ0n) is 15.7. The number of hydrogen-bond acceptors (Lipinski definition) is 4. The van der Waals surface area contributed by atoms with Crippen LogP contribution in [0.4, 0.5) is 10.5 Å². The Morgan fingerprint density at radius 2 is 2.14 bits per heavy atom. The number of fused-ring (bicyclic) bond motifs is 1. The number of amides is 1. The summed E-state index contributed by atoms with van der Waals surface area (Å²) < 4.78 is 0. The van der Waals surface area contributed by atoms with Crippen molar-refractivity contribution in [3.8, 4) is 0 Å². The van der Waals surface area contributed by atoms with Gasteiger partial charge < -0.3 is 15.7 Å². The third-order valence-electron chi connectivity index (χ3n) is 5.16. The van der Waals surface area contributed by atoms with Crippen molar-refractivity contribution in [2.24, 2.45) is 0 Å². The van der Waals surface area contributed by atoms with Crippen LogP contribution in [-0.2, 0) is 13.1 Å². The van der Waals surface area contributed by atoms with Gasteiger partial charge in [0, 0.05) is 36.7 Å². The zero-order chi connectivity index (χ0) is 19.3. The minimum Gasteiger partial charge on any atom is -0.465 e. The monoisotopic (exact) mass is 379 g/mol. The number of anilines is 1. The number of rotatable bonds is 6. The Hall–Kier alpha value is -3.06. The first kappa shape index (κ1) is 18.3. The number of nitrogens with zero attached hydrogens (tertiary/aromatic N) is 2. The van der Waals surface area contributed by atoms with E-state index >= 15 is 0 Å². The van der Waals surface area contributed by atoms with E-state index in [0.29, 0.717) is 12.6 Å². The van der Waals surface area contributed by atoms with Crippen LogP contribution in [0.2, 0.25) is 0 Å². The summed E-state index contributed by atoms with van der Waals surface area (Å²) in [6, 6.07) is 14.8. The molecule has 1 fully saturated rings. The number of piperidine rings is 1. The van der Waals surface area contributed by atoms with Gasteiger partial charge in [0.25, 0.3) is 0 Å². The maximum Gasteiger partial charge on any atom is 0.404 e. The Labute approximate surface area is 163 Å². The average molecular weight is 379 g/mol. The van der Waals surface area contributed by atoms with Gasteiger partial charge in [-0.3, -0.25) is 10.00 Å². The number of benzene rings is 2. The fourth-order valence-electron chi connectivity index (χ4n) is 3.86. The smallest absolute Gasteiger partial charge is 0.404 e. The molecule has 2 aromatic carbocycles. The van der Waals surface area contributed by atoms with Gasteiger partial charge in [0.05, 0.1) is 11.7 Å². The first-order valence-electron chi connectivity index (χ1n) is 9.62. The highest BCUT2D eigenvalue weighted by Crippen LogP contribution is 2.21. The Kier molecular flexibility index (Phi) is 5.43. The van der Waals surface area contributed by atoms with E-state index in [-0.39, 0.29) is 0 Å². The van der Waals surface area contributed by atoms with Gasteiger partial charge in [-0.2, -0.15) is 5.10 Å². The summed E-state index contributed by atoms with van der Waals surface area (Å²) >= 11 is 0. The molecule has 4 N–H and O–H groups in total. The minimum atomic E-state index is -0.996. The summed E-state index contributed by atoms with van der Waals surface area (Å²) in [6.07, 6.45) is 3.16. The summed E-state index contributed by atoms with van der Waals surface area (Å²) in [4.78, 5) is 13.1. The van der Waals surface area contributed by atoms with Crippen molar-refractivity contribution in [1.29, 1.82) is 0 Å². The van der Waals surface area contributed by atoms with Crippen molar-refractivity contribution in [2.45, 2.75) is 32.0 Å². The van der Waals surface area contributed by atoms with Crippen LogP contribution in [0.25, 0.3) is 10.9 Å². The fraction of sp³-hybridized carbons (Fsp3) is 0.333.